The van der Waals surface area contributed by atoms with Gasteiger partial charge in [-0.15, -0.1) is 0 Å². The molecule has 2 rings (SSSR count). The number of likely N-dealkylation sites (tertiary alicyclic amines) is 1. The topological polar surface area (TPSA) is 15.3 Å². The van der Waals surface area contributed by atoms with Crippen LogP contribution in [-0.2, 0) is 5.41 Å². The molecule has 0 radical (unpaired) electrons. The van der Waals surface area contributed by atoms with E-state index in [9.17, 15) is 4.39 Å². The van der Waals surface area contributed by atoms with E-state index in [0.717, 1.165) is 32.5 Å². The highest BCUT2D eigenvalue weighted by Gasteiger charge is 2.36. The first-order valence-corrected chi connectivity index (χ1v) is 7.22. The van der Waals surface area contributed by atoms with Gasteiger partial charge in [-0.25, -0.2) is 4.39 Å². The number of piperidine rings is 1. The summed E-state index contributed by atoms with van der Waals surface area (Å²) in [4.78, 5) is 2.53. The van der Waals surface area contributed by atoms with E-state index in [-0.39, 0.29) is 11.2 Å². The Kier molecular flexibility index (Phi) is 4.58. The van der Waals surface area contributed by atoms with Crippen molar-refractivity contribution in [2.75, 3.05) is 26.7 Å². The molecule has 1 aliphatic rings. The van der Waals surface area contributed by atoms with Crippen molar-refractivity contribution in [3.63, 3.8) is 0 Å². The van der Waals surface area contributed by atoms with Gasteiger partial charge in [-0.05, 0) is 64.5 Å². The van der Waals surface area contributed by atoms with E-state index in [1.54, 1.807) is 12.1 Å². The maximum atomic E-state index is 13.1. The Hall–Kier alpha value is -0.930. The zero-order valence-electron chi connectivity index (χ0n) is 12.2. The second kappa shape index (κ2) is 6.02. The van der Waals surface area contributed by atoms with Gasteiger partial charge in [-0.3, -0.25) is 0 Å². The second-order valence-corrected chi connectivity index (χ2v) is 5.95. The number of benzene rings is 1. The number of hydrogen-bond donors (Lipinski definition) is 1. The fourth-order valence-electron chi connectivity index (χ4n) is 3.18. The minimum Gasteiger partial charge on any atom is -0.319 e. The van der Waals surface area contributed by atoms with Crippen molar-refractivity contribution in [1.82, 2.24) is 10.2 Å². The van der Waals surface area contributed by atoms with Crippen molar-refractivity contribution in [1.29, 1.82) is 0 Å². The fourth-order valence-corrected chi connectivity index (χ4v) is 3.18. The van der Waals surface area contributed by atoms with E-state index >= 15 is 0 Å². The average Bonchev–Trinajstić information content (AvgIpc) is 2.40. The van der Waals surface area contributed by atoms with Crippen molar-refractivity contribution >= 4 is 0 Å². The van der Waals surface area contributed by atoms with Gasteiger partial charge in [0, 0.05) is 18.0 Å². The van der Waals surface area contributed by atoms with E-state index in [1.165, 1.54) is 5.56 Å². The highest BCUT2D eigenvalue weighted by Crippen LogP contribution is 2.35. The summed E-state index contributed by atoms with van der Waals surface area (Å²) in [6.07, 6.45) is 2.27. The predicted octanol–water partition coefficient (Wildman–Crippen LogP) is 2.79. The molecule has 106 valence electrons. The molecular formula is C16H25FN2. The Morgan fingerprint density at radius 1 is 1.21 bits per heavy atom. The highest BCUT2D eigenvalue weighted by molar-refractivity contribution is 5.27. The summed E-state index contributed by atoms with van der Waals surface area (Å²) >= 11 is 0. The first-order chi connectivity index (χ1) is 9.07. The molecule has 1 heterocycles. The largest absolute Gasteiger partial charge is 0.319 e. The number of likely N-dealkylation sites (N-methyl/N-ethyl adjacent to an activating group) is 1. The fraction of sp³-hybridized carbons (Fsp3) is 0.625. The smallest absolute Gasteiger partial charge is 0.123 e. The maximum absolute atomic E-state index is 13.1. The van der Waals surface area contributed by atoms with Crippen LogP contribution in [-0.4, -0.2) is 37.6 Å². The normalized spacial score (nSPS) is 19.8. The second-order valence-electron chi connectivity index (χ2n) is 5.95. The molecule has 1 aromatic rings. The molecule has 0 atom stereocenters. The van der Waals surface area contributed by atoms with Gasteiger partial charge < -0.3 is 10.2 Å². The summed E-state index contributed by atoms with van der Waals surface area (Å²) in [6, 6.07) is 7.69. The quantitative estimate of drug-likeness (QED) is 0.899. The van der Waals surface area contributed by atoms with Gasteiger partial charge >= 0.3 is 0 Å². The summed E-state index contributed by atoms with van der Waals surface area (Å²) in [5.74, 6) is -0.150. The monoisotopic (exact) mass is 264 g/mol. The molecule has 1 aliphatic heterocycles. The van der Waals surface area contributed by atoms with Crippen LogP contribution in [0.4, 0.5) is 4.39 Å². The number of halogens is 1. The molecule has 0 aromatic heterocycles. The molecule has 0 amide bonds. The number of rotatable bonds is 4. The van der Waals surface area contributed by atoms with E-state index in [4.69, 9.17) is 0 Å². The molecule has 1 fully saturated rings. The number of nitrogens with zero attached hydrogens (tertiary/aromatic N) is 1. The molecule has 1 N–H and O–H groups in total. The van der Waals surface area contributed by atoms with Gasteiger partial charge in [0.2, 0.25) is 0 Å². The van der Waals surface area contributed by atoms with Crippen LogP contribution in [0.15, 0.2) is 24.3 Å². The third-order valence-electron chi connectivity index (χ3n) is 4.46. The van der Waals surface area contributed by atoms with Crippen LogP contribution in [0.2, 0.25) is 0 Å². The molecular weight excluding hydrogens is 239 g/mol. The molecule has 0 unspecified atom stereocenters. The molecule has 0 aliphatic carbocycles. The van der Waals surface area contributed by atoms with Gasteiger partial charge in [0.1, 0.15) is 5.82 Å². The minimum atomic E-state index is -0.150. The summed E-state index contributed by atoms with van der Waals surface area (Å²) < 4.78 is 13.1. The van der Waals surface area contributed by atoms with Gasteiger partial charge in [-0.2, -0.15) is 0 Å². The first kappa shape index (κ1) is 14.5. The van der Waals surface area contributed by atoms with Gasteiger partial charge in [0.05, 0.1) is 0 Å². The van der Waals surface area contributed by atoms with Crippen LogP contribution in [0.5, 0.6) is 0 Å². The predicted molar refractivity (Wildman–Crippen MR) is 77.9 cm³/mol. The molecule has 0 bridgehead atoms. The van der Waals surface area contributed by atoms with Crippen molar-refractivity contribution < 1.29 is 4.39 Å². The van der Waals surface area contributed by atoms with E-state index in [1.807, 2.05) is 19.2 Å². The molecule has 0 spiro atoms. The third kappa shape index (κ3) is 3.15. The Morgan fingerprint density at radius 3 is 2.26 bits per heavy atom. The Morgan fingerprint density at radius 2 is 1.79 bits per heavy atom. The molecule has 0 saturated carbocycles. The zero-order valence-corrected chi connectivity index (χ0v) is 12.2. The summed E-state index contributed by atoms with van der Waals surface area (Å²) in [5.41, 5.74) is 1.43. The SMILES string of the molecule is CNCC1(c2ccc(F)cc2)CCN(C(C)C)CC1. The number of nitrogens with one attached hydrogen (secondary N) is 1. The Labute approximate surface area is 116 Å². The van der Waals surface area contributed by atoms with Crippen molar-refractivity contribution in [3.8, 4) is 0 Å². The van der Waals surface area contributed by atoms with Crippen LogP contribution < -0.4 is 5.32 Å². The van der Waals surface area contributed by atoms with Crippen LogP contribution in [0.25, 0.3) is 0 Å². The highest BCUT2D eigenvalue weighted by atomic mass is 19.1. The molecule has 3 heteroatoms. The lowest BCUT2D eigenvalue weighted by atomic mass is 9.72. The van der Waals surface area contributed by atoms with E-state index in [0.29, 0.717) is 6.04 Å². The molecule has 19 heavy (non-hydrogen) atoms. The molecule has 2 nitrogen and oxygen atoms in total. The lowest BCUT2D eigenvalue weighted by molar-refractivity contribution is 0.128. The lowest BCUT2D eigenvalue weighted by Gasteiger charge is -2.43. The van der Waals surface area contributed by atoms with Crippen LogP contribution in [0, 0.1) is 5.82 Å². The standard InChI is InChI=1S/C16H25FN2/c1-13(2)19-10-8-16(9-11-19,12-18-3)14-4-6-15(17)7-5-14/h4-7,13,18H,8-12H2,1-3H3. The van der Waals surface area contributed by atoms with E-state index < -0.39 is 0 Å². The summed E-state index contributed by atoms with van der Waals surface area (Å²) in [5, 5.41) is 3.32. The van der Waals surface area contributed by atoms with Crippen LogP contribution in [0.1, 0.15) is 32.3 Å². The van der Waals surface area contributed by atoms with Gasteiger partial charge in [-0.1, -0.05) is 12.1 Å². The van der Waals surface area contributed by atoms with Gasteiger partial charge in [0.15, 0.2) is 0 Å². The van der Waals surface area contributed by atoms with Crippen molar-refractivity contribution in [2.45, 2.75) is 38.1 Å². The maximum Gasteiger partial charge on any atom is 0.123 e. The third-order valence-corrected chi connectivity index (χ3v) is 4.46. The van der Waals surface area contributed by atoms with Crippen LogP contribution in [0.3, 0.4) is 0 Å². The first-order valence-electron chi connectivity index (χ1n) is 7.22. The van der Waals surface area contributed by atoms with Crippen molar-refractivity contribution in [3.05, 3.63) is 35.6 Å². The minimum absolute atomic E-state index is 0.150. The van der Waals surface area contributed by atoms with Crippen LogP contribution >= 0.6 is 0 Å². The van der Waals surface area contributed by atoms with Gasteiger partial charge in [0.25, 0.3) is 0 Å². The average molecular weight is 264 g/mol. The van der Waals surface area contributed by atoms with Crippen molar-refractivity contribution in [2.24, 2.45) is 0 Å². The summed E-state index contributed by atoms with van der Waals surface area (Å²) in [6.45, 7) is 7.71. The number of hydrogen-bond acceptors (Lipinski definition) is 2. The summed E-state index contributed by atoms with van der Waals surface area (Å²) in [7, 11) is 2.00. The van der Waals surface area contributed by atoms with E-state index in [2.05, 4.69) is 24.1 Å². The molecule has 1 aromatic carbocycles. The lowest BCUT2D eigenvalue weighted by Crippen LogP contribution is -2.49. The Bertz CT molecular complexity index is 392. The molecule has 1 saturated heterocycles. The Balaban J connectivity index is 2.18. The zero-order chi connectivity index (χ0) is 13.9.